The first kappa shape index (κ1) is 18.1. The highest BCUT2D eigenvalue weighted by molar-refractivity contribution is 7.07. The van der Waals surface area contributed by atoms with Gasteiger partial charge in [0.1, 0.15) is 17.9 Å². The van der Waals surface area contributed by atoms with E-state index in [2.05, 4.69) is 4.99 Å². The number of amides is 1. The minimum absolute atomic E-state index is 0.162. The van der Waals surface area contributed by atoms with E-state index in [1.54, 1.807) is 16.5 Å². The molecule has 0 atom stereocenters. The van der Waals surface area contributed by atoms with Crippen LogP contribution in [0.15, 0.2) is 52.3 Å². The lowest BCUT2D eigenvalue weighted by Crippen LogP contribution is -2.43. The number of thiazole rings is 1. The Morgan fingerprint density at radius 3 is 2.72 bits per heavy atom. The quantitative estimate of drug-likeness (QED) is 0.601. The van der Waals surface area contributed by atoms with Crippen molar-refractivity contribution in [3.05, 3.63) is 78.3 Å². The van der Waals surface area contributed by atoms with Gasteiger partial charge in [0.25, 0.3) is 11.5 Å². The summed E-state index contributed by atoms with van der Waals surface area (Å²) in [6.45, 7) is 2.75. The van der Waals surface area contributed by atoms with E-state index in [4.69, 9.17) is 11.6 Å². The van der Waals surface area contributed by atoms with Gasteiger partial charge in [-0.2, -0.15) is 0 Å². The average Bonchev–Trinajstić information content (AvgIpc) is 3.18. The van der Waals surface area contributed by atoms with Crippen molar-refractivity contribution in [2.24, 2.45) is 4.99 Å². The topological polar surface area (TPSA) is 57.9 Å². The van der Waals surface area contributed by atoms with E-state index < -0.39 is 0 Å². The molecule has 0 N–H and O–H groups in total. The number of rotatable bonds is 1. The Labute approximate surface area is 175 Å². The summed E-state index contributed by atoms with van der Waals surface area (Å²) in [5.74, 6) is -0.162. The molecule has 29 heavy (non-hydrogen) atoms. The van der Waals surface area contributed by atoms with Gasteiger partial charge in [-0.1, -0.05) is 47.2 Å². The molecule has 0 radical (unpaired) electrons. The summed E-state index contributed by atoms with van der Waals surface area (Å²) in [5, 5.41) is 0.679. The fraction of sp³-hybridized carbons (Fsp3) is 0.190. The van der Waals surface area contributed by atoms with E-state index in [1.807, 2.05) is 54.3 Å². The average molecular weight is 425 g/mol. The smallest absolute Gasteiger partial charge is 0.272 e. The number of likely N-dealkylation sites (N-methyl/N-ethyl adjacent to an activating group) is 1. The standard InChI is InChI=1S/C21H17ClN4O2S/c1-12-7-8-13(9-15(12)22)25-10-23-21-26(11-25)20(28)18(29-21)17-14-5-3-4-6-16(14)24(2)19(17)27/h3-9H,10-11H2,1-2H3/b18-17-. The molecule has 2 aliphatic heterocycles. The Morgan fingerprint density at radius 1 is 1.14 bits per heavy atom. The third-order valence-corrected chi connectivity index (χ3v) is 6.88. The lowest BCUT2D eigenvalue weighted by Gasteiger charge is -2.26. The Bertz CT molecular complexity index is 1360. The molecule has 2 aromatic carbocycles. The fourth-order valence-electron chi connectivity index (χ4n) is 3.69. The number of hydrogen-bond acceptors (Lipinski definition) is 5. The molecule has 3 heterocycles. The van der Waals surface area contributed by atoms with Gasteiger partial charge in [-0.05, 0) is 30.7 Å². The second-order valence-corrected chi connectivity index (χ2v) is 8.50. The van der Waals surface area contributed by atoms with Crippen LogP contribution in [0, 0.1) is 6.92 Å². The molecule has 0 spiro atoms. The fourth-order valence-corrected chi connectivity index (χ4v) is 4.92. The van der Waals surface area contributed by atoms with Gasteiger partial charge in [0.2, 0.25) is 0 Å². The number of anilines is 2. The summed E-state index contributed by atoms with van der Waals surface area (Å²) in [6, 6.07) is 13.3. The van der Waals surface area contributed by atoms with Crippen LogP contribution < -0.4 is 24.7 Å². The highest BCUT2D eigenvalue weighted by Gasteiger charge is 2.32. The molecule has 6 nitrogen and oxygen atoms in total. The first-order valence-electron chi connectivity index (χ1n) is 9.12. The van der Waals surface area contributed by atoms with Crippen LogP contribution in [0.4, 0.5) is 11.4 Å². The molecule has 146 valence electrons. The molecule has 5 rings (SSSR count). The summed E-state index contributed by atoms with van der Waals surface area (Å²) in [7, 11) is 1.73. The van der Waals surface area contributed by atoms with Gasteiger partial charge in [0.15, 0.2) is 4.80 Å². The Hall–Kier alpha value is -2.90. The van der Waals surface area contributed by atoms with Crippen molar-refractivity contribution in [3.63, 3.8) is 0 Å². The molecule has 8 heteroatoms. The number of benzene rings is 2. The van der Waals surface area contributed by atoms with Gasteiger partial charge in [-0.3, -0.25) is 14.2 Å². The van der Waals surface area contributed by atoms with Crippen LogP contribution in [0.25, 0.3) is 5.57 Å². The van der Waals surface area contributed by atoms with Crippen molar-refractivity contribution in [3.8, 4) is 0 Å². The lowest BCUT2D eigenvalue weighted by atomic mass is 10.1. The normalized spacial score (nSPS) is 17.3. The molecule has 0 bridgehead atoms. The molecule has 1 aromatic heterocycles. The predicted octanol–water partition coefficient (Wildman–Crippen LogP) is 2.10. The number of aromatic nitrogens is 1. The van der Waals surface area contributed by atoms with Gasteiger partial charge >= 0.3 is 0 Å². The van der Waals surface area contributed by atoms with Crippen LogP contribution in [-0.2, 0) is 11.5 Å². The lowest BCUT2D eigenvalue weighted by molar-refractivity contribution is -0.112. The van der Waals surface area contributed by atoms with Crippen molar-refractivity contribution in [1.82, 2.24) is 4.57 Å². The zero-order valence-corrected chi connectivity index (χ0v) is 17.4. The van der Waals surface area contributed by atoms with Gasteiger partial charge < -0.3 is 9.80 Å². The predicted molar refractivity (Wildman–Crippen MR) is 115 cm³/mol. The van der Waals surface area contributed by atoms with E-state index in [1.165, 1.54) is 11.3 Å². The zero-order valence-electron chi connectivity index (χ0n) is 15.8. The number of hydrogen-bond donors (Lipinski definition) is 0. The van der Waals surface area contributed by atoms with Crippen LogP contribution in [0.5, 0.6) is 0 Å². The molecule has 0 aliphatic carbocycles. The summed E-state index contributed by atoms with van der Waals surface area (Å²) in [5.41, 5.74) is 3.78. The van der Waals surface area contributed by atoms with E-state index in [9.17, 15) is 9.59 Å². The van der Waals surface area contributed by atoms with E-state index in [0.717, 1.165) is 22.5 Å². The Balaban J connectivity index is 1.65. The van der Waals surface area contributed by atoms with Crippen LogP contribution >= 0.6 is 22.9 Å². The van der Waals surface area contributed by atoms with Crippen molar-refractivity contribution < 1.29 is 4.79 Å². The van der Waals surface area contributed by atoms with Crippen molar-refractivity contribution in [2.45, 2.75) is 13.6 Å². The minimum Gasteiger partial charge on any atom is -0.334 e. The van der Waals surface area contributed by atoms with Crippen LogP contribution in [0.2, 0.25) is 5.02 Å². The largest absolute Gasteiger partial charge is 0.334 e. The van der Waals surface area contributed by atoms with Crippen molar-refractivity contribution in [2.75, 3.05) is 23.5 Å². The molecule has 2 aliphatic rings. The maximum absolute atomic E-state index is 13.2. The molecular formula is C21H17ClN4O2S. The molecule has 0 saturated carbocycles. The highest BCUT2D eigenvalue weighted by Crippen LogP contribution is 2.33. The number of halogens is 1. The SMILES string of the molecule is Cc1ccc(N2CN=c3s/c(=C4\C(=O)N(C)c5ccccc54)c(=O)n3C2)cc1Cl. The number of carbonyl (C=O) groups is 1. The van der Waals surface area contributed by atoms with E-state index >= 15 is 0 Å². The summed E-state index contributed by atoms with van der Waals surface area (Å²) in [4.78, 5) is 34.9. The molecule has 1 amide bonds. The van der Waals surface area contributed by atoms with Gasteiger partial charge in [0.05, 0.1) is 11.3 Å². The third-order valence-electron chi connectivity index (χ3n) is 5.35. The monoisotopic (exact) mass is 424 g/mol. The van der Waals surface area contributed by atoms with E-state index in [-0.39, 0.29) is 11.5 Å². The number of fused-ring (bicyclic) bond motifs is 2. The summed E-state index contributed by atoms with van der Waals surface area (Å²) < 4.78 is 2.06. The highest BCUT2D eigenvalue weighted by atomic mass is 35.5. The zero-order chi connectivity index (χ0) is 20.3. The van der Waals surface area contributed by atoms with Crippen LogP contribution in [0.1, 0.15) is 11.1 Å². The second kappa shape index (κ2) is 6.57. The van der Waals surface area contributed by atoms with Gasteiger partial charge in [-0.15, -0.1) is 0 Å². The number of aryl methyl sites for hydroxylation is 1. The van der Waals surface area contributed by atoms with Crippen LogP contribution in [0.3, 0.4) is 0 Å². The molecule has 0 unspecified atom stereocenters. The van der Waals surface area contributed by atoms with Crippen LogP contribution in [-0.4, -0.2) is 24.2 Å². The van der Waals surface area contributed by atoms with Gasteiger partial charge in [-0.25, -0.2) is 4.99 Å². The maximum atomic E-state index is 13.2. The number of carbonyl (C=O) groups excluding carboxylic acids is 1. The molecule has 0 fully saturated rings. The molecular weight excluding hydrogens is 408 g/mol. The Kier molecular flexibility index (Phi) is 4.11. The van der Waals surface area contributed by atoms with Gasteiger partial charge in [0, 0.05) is 23.3 Å². The Morgan fingerprint density at radius 2 is 1.93 bits per heavy atom. The second-order valence-electron chi connectivity index (χ2n) is 7.12. The first-order chi connectivity index (χ1) is 14.0. The summed E-state index contributed by atoms with van der Waals surface area (Å²) >= 11 is 7.54. The summed E-state index contributed by atoms with van der Waals surface area (Å²) in [6.07, 6.45) is 0. The number of nitrogens with zero attached hydrogens (tertiary/aromatic N) is 4. The van der Waals surface area contributed by atoms with Crippen molar-refractivity contribution >= 4 is 45.8 Å². The number of para-hydroxylation sites is 1. The molecule has 3 aromatic rings. The van der Waals surface area contributed by atoms with Crippen molar-refractivity contribution in [1.29, 1.82) is 0 Å². The molecule has 0 saturated heterocycles. The maximum Gasteiger partial charge on any atom is 0.272 e. The van der Waals surface area contributed by atoms with E-state index in [0.29, 0.717) is 33.3 Å². The first-order valence-corrected chi connectivity index (χ1v) is 10.3. The minimum atomic E-state index is -0.190. The third kappa shape index (κ3) is 2.73.